The fourth-order valence-electron chi connectivity index (χ4n) is 2.68. The first-order valence-electron chi connectivity index (χ1n) is 8.36. The second kappa shape index (κ2) is 8.34. The number of fused-ring (bicyclic) bond motifs is 1. The Morgan fingerprint density at radius 2 is 1.73 bits per heavy atom. The van der Waals surface area contributed by atoms with Crippen molar-refractivity contribution in [2.24, 2.45) is 0 Å². The van der Waals surface area contributed by atoms with Crippen molar-refractivity contribution in [1.29, 1.82) is 0 Å². The molecule has 122 valence electrons. The maximum Gasteiger partial charge on any atom is 0.634 e. The highest BCUT2D eigenvalue weighted by atomic mass is 28.4. The molecule has 1 unspecified atom stereocenters. The number of rotatable bonds is 9. The molecule has 2 rings (SSSR count). The average Bonchev–Trinajstić information content (AvgIpc) is 2.51. The predicted molar refractivity (Wildman–Crippen MR) is 88.0 cm³/mol. The lowest BCUT2D eigenvalue weighted by Gasteiger charge is -2.33. The summed E-state index contributed by atoms with van der Waals surface area (Å²) >= 11 is 0. The van der Waals surface area contributed by atoms with Crippen molar-refractivity contribution in [3.05, 3.63) is 29.8 Å². The fourth-order valence-corrected chi connectivity index (χ4v) is 5.22. The van der Waals surface area contributed by atoms with E-state index in [1.165, 1.54) is 25.7 Å². The van der Waals surface area contributed by atoms with Crippen LogP contribution in [0.1, 0.15) is 62.7 Å². The van der Waals surface area contributed by atoms with E-state index in [2.05, 4.69) is 6.92 Å². The third-order valence-electron chi connectivity index (χ3n) is 3.82. The topological polar surface area (TPSA) is 44.8 Å². The summed E-state index contributed by atoms with van der Waals surface area (Å²) in [4.78, 5) is 12.2. The van der Waals surface area contributed by atoms with Crippen LogP contribution in [0.3, 0.4) is 0 Å². The molecule has 0 spiro atoms. The molecule has 1 aliphatic heterocycles. The lowest BCUT2D eigenvalue weighted by atomic mass is 10.1. The molecular formula is C17H26O4Si. The van der Waals surface area contributed by atoms with Crippen LogP contribution < -0.4 is 4.43 Å². The van der Waals surface area contributed by atoms with Gasteiger partial charge in [0.15, 0.2) is 0 Å². The Morgan fingerprint density at radius 1 is 1.00 bits per heavy atom. The highest BCUT2D eigenvalue weighted by molar-refractivity contribution is 6.64. The van der Waals surface area contributed by atoms with Crippen LogP contribution in [0.4, 0.5) is 0 Å². The Labute approximate surface area is 134 Å². The largest absolute Gasteiger partial charge is 0.634 e. The molecule has 1 aromatic carbocycles. The summed E-state index contributed by atoms with van der Waals surface area (Å²) in [7, 11) is -2.92. The number of hydrogen-bond donors (Lipinski definition) is 0. The zero-order chi connectivity index (χ0) is 15.8. The number of para-hydroxylation sites is 1. The predicted octanol–water partition coefficient (Wildman–Crippen LogP) is 4.57. The zero-order valence-corrected chi connectivity index (χ0v) is 14.6. The number of carbonyl (C=O) groups is 1. The Bertz CT molecular complexity index is 491. The highest BCUT2D eigenvalue weighted by Gasteiger charge is 2.50. The zero-order valence-electron chi connectivity index (χ0n) is 13.6. The lowest BCUT2D eigenvalue weighted by Crippen LogP contribution is -2.52. The molecule has 0 radical (unpaired) electrons. The van der Waals surface area contributed by atoms with Gasteiger partial charge in [0.05, 0.1) is 5.56 Å². The summed E-state index contributed by atoms with van der Waals surface area (Å²) in [5, 5.41) is 0. The highest BCUT2D eigenvalue weighted by Crippen LogP contribution is 2.32. The van der Waals surface area contributed by atoms with Gasteiger partial charge in [0.25, 0.3) is 0 Å². The molecule has 0 aromatic heterocycles. The molecule has 5 heteroatoms. The van der Waals surface area contributed by atoms with E-state index in [9.17, 15) is 4.79 Å². The van der Waals surface area contributed by atoms with Crippen molar-refractivity contribution in [2.45, 2.75) is 58.4 Å². The SMILES string of the molecule is CCCCCCCC[Si]1(OCC)OC(=O)c2ccccc2O1. The number of benzene rings is 1. The molecule has 0 fully saturated rings. The van der Waals surface area contributed by atoms with Crippen molar-refractivity contribution in [1.82, 2.24) is 0 Å². The van der Waals surface area contributed by atoms with E-state index in [1.807, 2.05) is 25.1 Å². The van der Waals surface area contributed by atoms with Crippen molar-refractivity contribution >= 4 is 14.8 Å². The Hall–Kier alpha value is -1.33. The molecule has 0 bridgehead atoms. The van der Waals surface area contributed by atoms with Crippen LogP contribution in [0.25, 0.3) is 0 Å². The van der Waals surface area contributed by atoms with Crippen LogP contribution in [-0.2, 0) is 8.85 Å². The van der Waals surface area contributed by atoms with Gasteiger partial charge in [-0.1, -0.05) is 51.2 Å². The summed E-state index contributed by atoms with van der Waals surface area (Å²) in [6, 6.07) is 7.93. The first kappa shape index (κ1) is 17.0. The molecule has 1 atom stereocenters. The molecule has 22 heavy (non-hydrogen) atoms. The van der Waals surface area contributed by atoms with Gasteiger partial charge in [0.1, 0.15) is 5.75 Å². The average molecular weight is 322 g/mol. The van der Waals surface area contributed by atoms with Gasteiger partial charge in [-0.2, -0.15) is 0 Å². The molecular weight excluding hydrogens is 296 g/mol. The summed E-state index contributed by atoms with van der Waals surface area (Å²) in [5.74, 6) is 0.290. The smallest absolute Gasteiger partial charge is 0.491 e. The number of carbonyl (C=O) groups excluding carboxylic acids is 1. The summed E-state index contributed by atoms with van der Waals surface area (Å²) in [6.45, 7) is 4.62. The van der Waals surface area contributed by atoms with Gasteiger partial charge < -0.3 is 13.3 Å². The van der Waals surface area contributed by atoms with E-state index >= 15 is 0 Å². The van der Waals surface area contributed by atoms with Crippen LogP contribution in [0.15, 0.2) is 24.3 Å². The van der Waals surface area contributed by atoms with E-state index < -0.39 is 8.80 Å². The third kappa shape index (κ3) is 4.33. The normalized spacial score (nSPS) is 20.2. The van der Waals surface area contributed by atoms with E-state index in [0.717, 1.165) is 12.8 Å². The van der Waals surface area contributed by atoms with Gasteiger partial charge >= 0.3 is 14.8 Å². The quantitative estimate of drug-likeness (QED) is 0.493. The van der Waals surface area contributed by atoms with Crippen molar-refractivity contribution in [3.8, 4) is 5.75 Å². The second-order valence-electron chi connectivity index (χ2n) is 5.62. The Kier molecular flexibility index (Phi) is 6.45. The fraction of sp³-hybridized carbons (Fsp3) is 0.588. The van der Waals surface area contributed by atoms with E-state index in [4.69, 9.17) is 13.3 Å². The monoisotopic (exact) mass is 322 g/mol. The Morgan fingerprint density at radius 3 is 2.50 bits per heavy atom. The van der Waals surface area contributed by atoms with Gasteiger partial charge in [-0.25, -0.2) is 4.79 Å². The third-order valence-corrected chi connectivity index (χ3v) is 6.54. The van der Waals surface area contributed by atoms with E-state index in [1.54, 1.807) is 6.07 Å². The van der Waals surface area contributed by atoms with E-state index in [0.29, 0.717) is 24.0 Å². The summed E-state index contributed by atoms with van der Waals surface area (Å²) < 4.78 is 17.5. The minimum atomic E-state index is -2.92. The van der Waals surface area contributed by atoms with Gasteiger partial charge in [-0.05, 0) is 25.5 Å². The van der Waals surface area contributed by atoms with Crippen LogP contribution in [0, 0.1) is 0 Å². The van der Waals surface area contributed by atoms with Crippen molar-refractivity contribution < 1.29 is 18.1 Å². The number of unbranched alkanes of at least 4 members (excludes halogenated alkanes) is 5. The standard InChI is InChI=1S/C17H26O4Si/c1-3-5-6-7-8-11-14-22(19-4-2)20-16-13-10-9-12-15(16)17(18)21-22/h9-10,12-13H,3-8,11,14H2,1-2H3. The lowest BCUT2D eigenvalue weighted by molar-refractivity contribution is 0.0493. The first-order chi connectivity index (χ1) is 10.7. The van der Waals surface area contributed by atoms with Gasteiger partial charge in [-0.15, -0.1) is 0 Å². The van der Waals surface area contributed by atoms with Gasteiger partial charge in [-0.3, -0.25) is 0 Å². The van der Waals surface area contributed by atoms with Crippen LogP contribution in [0.5, 0.6) is 5.75 Å². The molecule has 0 saturated carbocycles. The first-order valence-corrected chi connectivity index (χ1v) is 10.3. The molecule has 1 aliphatic rings. The van der Waals surface area contributed by atoms with Crippen LogP contribution in [0.2, 0.25) is 6.04 Å². The number of hydrogen-bond acceptors (Lipinski definition) is 4. The summed E-state index contributed by atoms with van der Waals surface area (Å²) in [5.41, 5.74) is 0.494. The van der Waals surface area contributed by atoms with Crippen LogP contribution in [-0.4, -0.2) is 21.4 Å². The maximum atomic E-state index is 12.2. The molecule has 0 amide bonds. The van der Waals surface area contributed by atoms with Gasteiger partial charge in [0, 0.05) is 12.7 Å². The van der Waals surface area contributed by atoms with E-state index in [-0.39, 0.29) is 5.97 Å². The summed E-state index contributed by atoms with van der Waals surface area (Å²) in [6.07, 6.45) is 7.12. The molecule has 1 heterocycles. The molecule has 0 saturated heterocycles. The molecule has 4 nitrogen and oxygen atoms in total. The Balaban J connectivity index is 1.96. The maximum absolute atomic E-state index is 12.2. The van der Waals surface area contributed by atoms with Crippen molar-refractivity contribution in [2.75, 3.05) is 6.61 Å². The molecule has 0 N–H and O–H groups in total. The van der Waals surface area contributed by atoms with Crippen molar-refractivity contribution in [3.63, 3.8) is 0 Å². The molecule has 1 aromatic rings. The minimum Gasteiger partial charge on any atom is -0.491 e. The second-order valence-corrected chi connectivity index (χ2v) is 8.18. The minimum absolute atomic E-state index is 0.312. The molecule has 0 aliphatic carbocycles. The van der Waals surface area contributed by atoms with Gasteiger partial charge in [0.2, 0.25) is 0 Å². The van der Waals surface area contributed by atoms with Crippen LogP contribution >= 0.6 is 0 Å².